The van der Waals surface area contributed by atoms with Crippen LogP contribution in [0.25, 0.3) is 17.4 Å². The van der Waals surface area contributed by atoms with Crippen LogP contribution in [0, 0.1) is 20.2 Å². The highest BCUT2D eigenvalue weighted by Crippen LogP contribution is 2.36. The van der Waals surface area contributed by atoms with Gasteiger partial charge in [-0.25, -0.2) is 0 Å². The zero-order valence-electron chi connectivity index (χ0n) is 17.3. The number of anilines is 1. The molecule has 11 heteroatoms. The van der Waals surface area contributed by atoms with E-state index in [1.165, 1.54) is 35.5 Å². The Morgan fingerprint density at radius 2 is 1.85 bits per heavy atom. The van der Waals surface area contributed by atoms with Crippen LogP contribution in [0.4, 0.5) is 17.1 Å². The SMILES string of the molecule is CCc1ccc(N[C@H]2NC(=O)/C(=C/c3ccc(-c4ccc([N+](=O)[O-])cc4[N+](=O)[O-])o3)S2)cc1. The standard InChI is InChI=1S/C22H18N4O6S/c1-2-13-3-5-14(6-4-13)23-22-24-21(27)20(33-22)12-16-8-10-19(32-16)17-9-7-15(25(28)29)11-18(17)26(30)31/h3-12,22-23H,2H2,1H3,(H,24,27)/b20-12-/t22-/m0/s1. The summed E-state index contributed by atoms with van der Waals surface area (Å²) in [5.41, 5.74) is 1.00. The van der Waals surface area contributed by atoms with Crippen molar-refractivity contribution in [3.8, 4) is 11.3 Å². The van der Waals surface area contributed by atoms with Crippen LogP contribution in [-0.4, -0.2) is 21.3 Å². The summed E-state index contributed by atoms with van der Waals surface area (Å²) >= 11 is 1.28. The van der Waals surface area contributed by atoms with E-state index in [2.05, 4.69) is 17.6 Å². The number of carbonyl (C=O) groups excluding carboxylic acids is 1. The molecule has 1 saturated heterocycles. The maximum Gasteiger partial charge on any atom is 0.287 e. The summed E-state index contributed by atoms with van der Waals surface area (Å²) in [4.78, 5) is 33.7. The monoisotopic (exact) mass is 466 g/mol. The smallest absolute Gasteiger partial charge is 0.287 e. The second-order valence-electron chi connectivity index (χ2n) is 7.09. The Labute approximate surface area is 192 Å². The molecule has 33 heavy (non-hydrogen) atoms. The van der Waals surface area contributed by atoms with Crippen LogP contribution in [0.1, 0.15) is 18.2 Å². The summed E-state index contributed by atoms with van der Waals surface area (Å²) in [5.74, 6) is 0.211. The number of benzene rings is 2. The lowest BCUT2D eigenvalue weighted by Crippen LogP contribution is -2.30. The van der Waals surface area contributed by atoms with Crippen LogP contribution in [0.3, 0.4) is 0 Å². The highest BCUT2D eigenvalue weighted by atomic mass is 32.2. The first-order valence-electron chi connectivity index (χ1n) is 9.92. The van der Waals surface area contributed by atoms with Crippen molar-refractivity contribution < 1.29 is 19.1 Å². The number of carbonyl (C=O) groups is 1. The minimum atomic E-state index is -0.702. The van der Waals surface area contributed by atoms with E-state index in [-0.39, 0.29) is 28.4 Å². The minimum absolute atomic E-state index is 0.105. The Morgan fingerprint density at radius 3 is 2.52 bits per heavy atom. The zero-order valence-corrected chi connectivity index (χ0v) is 18.1. The van der Waals surface area contributed by atoms with Gasteiger partial charge >= 0.3 is 0 Å². The van der Waals surface area contributed by atoms with Gasteiger partial charge < -0.3 is 15.1 Å². The fraction of sp³-hybridized carbons (Fsp3) is 0.136. The minimum Gasteiger partial charge on any atom is -0.456 e. The summed E-state index contributed by atoms with van der Waals surface area (Å²) in [6, 6.07) is 14.4. The normalized spacial score (nSPS) is 16.6. The molecule has 10 nitrogen and oxygen atoms in total. The lowest BCUT2D eigenvalue weighted by Gasteiger charge is -2.12. The summed E-state index contributed by atoms with van der Waals surface area (Å²) in [6.45, 7) is 2.08. The highest BCUT2D eigenvalue weighted by molar-refractivity contribution is 8.05. The number of nitrogens with one attached hydrogen (secondary N) is 2. The molecule has 2 N–H and O–H groups in total. The molecular formula is C22H18N4O6S. The number of non-ortho nitro benzene ring substituents is 1. The van der Waals surface area contributed by atoms with Crippen molar-refractivity contribution in [2.75, 3.05) is 5.32 Å². The topological polar surface area (TPSA) is 141 Å². The summed E-state index contributed by atoms with van der Waals surface area (Å²) in [7, 11) is 0. The second kappa shape index (κ2) is 9.17. The zero-order chi connectivity index (χ0) is 23.5. The third kappa shape index (κ3) is 4.88. The van der Waals surface area contributed by atoms with E-state index in [0.29, 0.717) is 10.7 Å². The predicted octanol–water partition coefficient (Wildman–Crippen LogP) is 4.93. The number of hydrogen-bond acceptors (Lipinski definition) is 8. The number of hydrogen-bond donors (Lipinski definition) is 2. The first-order valence-corrected chi connectivity index (χ1v) is 10.8. The largest absolute Gasteiger partial charge is 0.456 e. The molecule has 2 aromatic carbocycles. The number of amides is 1. The molecule has 0 spiro atoms. The van der Waals surface area contributed by atoms with E-state index in [1.54, 1.807) is 12.1 Å². The molecule has 0 bridgehead atoms. The fourth-order valence-electron chi connectivity index (χ4n) is 3.25. The van der Waals surface area contributed by atoms with Crippen LogP contribution < -0.4 is 10.6 Å². The van der Waals surface area contributed by atoms with Crippen LogP contribution in [0.2, 0.25) is 0 Å². The molecule has 0 radical (unpaired) electrons. The van der Waals surface area contributed by atoms with E-state index < -0.39 is 15.5 Å². The number of nitro benzene ring substituents is 2. The van der Waals surface area contributed by atoms with E-state index in [0.717, 1.165) is 18.2 Å². The lowest BCUT2D eigenvalue weighted by molar-refractivity contribution is -0.393. The van der Waals surface area contributed by atoms with Crippen molar-refractivity contribution in [2.24, 2.45) is 0 Å². The molecule has 1 aliphatic rings. The van der Waals surface area contributed by atoms with Crippen LogP contribution in [0.15, 0.2) is 63.9 Å². The Hall–Kier alpha value is -4.12. The molecule has 1 aliphatic heterocycles. The van der Waals surface area contributed by atoms with Gasteiger partial charge in [0.15, 0.2) is 5.50 Å². The first-order chi connectivity index (χ1) is 15.8. The number of nitrogens with zero attached hydrogens (tertiary/aromatic N) is 2. The Bertz CT molecular complexity index is 1270. The maximum absolute atomic E-state index is 12.4. The molecule has 2 heterocycles. The molecule has 168 valence electrons. The van der Waals surface area contributed by atoms with Crippen LogP contribution >= 0.6 is 11.8 Å². The van der Waals surface area contributed by atoms with Crippen molar-refractivity contribution in [1.82, 2.24) is 5.32 Å². The van der Waals surface area contributed by atoms with Crippen molar-refractivity contribution in [3.63, 3.8) is 0 Å². The van der Waals surface area contributed by atoms with Gasteiger partial charge in [0.2, 0.25) is 0 Å². The molecule has 1 aromatic heterocycles. The fourth-order valence-corrected chi connectivity index (χ4v) is 4.22. The van der Waals surface area contributed by atoms with Crippen molar-refractivity contribution in [3.05, 3.63) is 91.1 Å². The molecule has 1 amide bonds. The van der Waals surface area contributed by atoms with Crippen LogP contribution in [0.5, 0.6) is 0 Å². The summed E-state index contributed by atoms with van der Waals surface area (Å²) < 4.78 is 5.69. The van der Waals surface area contributed by atoms with E-state index >= 15 is 0 Å². The molecule has 4 rings (SSSR count). The maximum atomic E-state index is 12.4. The first kappa shape index (κ1) is 22.1. The Balaban J connectivity index is 1.52. The molecular weight excluding hydrogens is 448 g/mol. The van der Waals surface area contributed by atoms with Crippen LogP contribution in [-0.2, 0) is 11.2 Å². The third-order valence-electron chi connectivity index (χ3n) is 4.95. The molecule has 0 saturated carbocycles. The van der Waals surface area contributed by atoms with Gasteiger partial charge in [0, 0.05) is 17.8 Å². The van der Waals surface area contributed by atoms with E-state index in [4.69, 9.17) is 4.42 Å². The molecule has 0 unspecified atom stereocenters. The van der Waals surface area contributed by atoms with E-state index in [9.17, 15) is 25.0 Å². The Morgan fingerprint density at radius 1 is 1.09 bits per heavy atom. The molecule has 1 atom stereocenters. The van der Waals surface area contributed by atoms with Gasteiger partial charge in [-0.2, -0.15) is 0 Å². The average molecular weight is 466 g/mol. The average Bonchev–Trinajstić information content (AvgIpc) is 3.40. The number of rotatable bonds is 7. The van der Waals surface area contributed by atoms with Gasteiger partial charge in [0.1, 0.15) is 11.5 Å². The predicted molar refractivity (Wildman–Crippen MR) is 124 cm³/mol. The second-order valence-corrected chi connectivity index (χ2v) is 8.24. The number of aryl methyl sites for hydroxylation is 1. The summed E-state index contributed by atoms with van der Waals surface area (Å²) in [5, 5.41) is 28.4. The number of furan rings is 1. The van der Waals surface area contributed by atoms with Crippen molar-refractivity contribution in [2.45, 2.75) is 18.8 Å². The lowest BCUT2D eigenvalue weighted by atomic mass is 10.1. The molecule has 0 aliphatic carbocycles. The van der Waals surface area contributed by atoms with Gasteiger partial charge in [-0.1, -0.05) is 30.8 Å². The number of nitro groups is 2. The molecule has 1 fully saturated rings. The quantitative estimate of drug-likeness (QED) is 0.284. The highest BCUT2D eigenvalue weighted by Gasteiger charge is 2.28. The summed E-state index contributed by atoms with van der Waals surface area (Å²) in [6.07, 6.45) is 2.48. The van der Waals surface area contributed by atoms with Gasteiger partial charge in [0.05, 0.1) is 26.4 Å². The molecule has 3 aromatic rings. The van der Waals surface area contributed by atoms with Gasteiger partial charge in [0.25, 0.3) is 17.3 Å². The van der Waals surface area contributed by atoms with Gasteiger partial charge in [-0.3, -0.25) is 25.0 Å². The van der Waals surface area contributed by atoms with Crippen molar-refractivity contribution >= 4 is 40.8 Å². The van der Waals surface area contributed by atoms with Gasteiger partial charge in [-0.05, 0) is 42.3 Å². The van der Waals surface area contributed by atoms with Crippen molar-refractivity contribution in [1.29, 1.82) is 0 Å². The Kier molecular flexibility index (Phi) is 6.13. The van der Waals surface area contributed by atoms with Gasteiger partial charge in [-0.15, -0.1) is 0 Å². The third-order valence-corrected chi connectivity index (χ3v) is 5.97. The van der Waals surface area contributed by atoms with E-state index in [1.807, 2.05) is 24.3 Å². The number of thioether (sulfide) groups is 1.